The van der Waals surface area contributed by atoms with E-state index in [1.54, 1.807) is 13.8 Å². The van der Waals surface area contributed by atoms with Crippen LogP contribution in [0.4, 0.5) is 0 Å². The fourth-order valence-corrected chi connectivity index (χ4v) is 2.82. The smallest absolute Gasteiger partial charge is 0.335 e. The largest absolute Gasteiger partial charge is 0.478 e. The molecule has 0 unspecified atom stereocenters. The molecule has 1 rings (SSSR count). The number of benzene rings is 1. The molecule has 0 spiro atoms. The molecule has 0 aliphatic rings. The highest BCUT2D eigenvalue weighted by Gasteiger charge is 2.17. The molecule has 0 aliphatic carbocycles. The van der Waals surface area contributed by atoms with Gasteiger partial charge >= 0.3 is 5.97 Å². The molecule has 92 valence electrons. The number of rotatable bonds is 4. The zero-order chi connectivity index (χ0) is 13.2. The zero-order valence-corrected chi connectivity index (χ0v) is 10.5. The summed E-state index contributed by atoms with van der Waals surface area (Å²) >= 11 is 0. The first-order chi connectivity index (χ1) is 7.74. The van der Waals surface area contributed by atoms with Crippen LogP contribution in [0.2, 0.25) is 0 Å². The van der Waals surface area contributed by atoms with Gasteiger partial charge in [0.2, 0.25) is 0 Å². The maximum Gasteiger partial charge on any atom is 0.335 e. The minimum Gasteiger partial charge on any atom is -0.478 e. The van der Waals surface area contributed by atoms with Crippen LogP contribution in [0.15, 0.2) is 35.2 Å². The maximum atomic E-state index is 11.9. The van der Waals surface area contributed by atoms with Gasteiger partial charge in [0.05, 0.1) is 16.2 Å². The Labute approximate surface area is 101 Å². The molecule has 1 aromatic rings. The first-order valence-electron chi connectivity index (χ1n) is 4.95. The van der Waals surface area contributed by atoms with Crippen molar-refractivity contribution >= 4 is 15.8 Å². The molecule has 0 radical (unpaired) electrons. The standard InChI is InChI=1S/C12H14O4S/c1-8(2)7-17(15,16)10-5-4-9(3)11(6-10)12(13)14/h4-6H,1,7H2,2-3H3,(H,13,14). The number of carbonyl (C=O) groups is 1. The van der Waals surface area contributed by atoms with Gasteiger partial charge in [-0.05, 0) is 31.5 Å². The minimum atomic E-state index is -3.50. The van der Waals surface area contributed by atoms with Gasteiger partial charge in [0.15, 0.2) is 9.84 Å². The second kappa shape index (κ2) is 4.71. The topological polar surface area (TPSA) is 71.4 Å². The van der Waals surface area contributed by atoms with Gasteiger partial charge < -0.3 is 5.11 Å². The molecule has 1 aromatic carbocycles. The molecule has 5 heteroatoms. The van der Waals surface area contributed by atoms with Crippen molar-refractivity contribution in [1.29, 1.82) is 0 Å². The minimum absolute atomic E-state index is 0.00721. The Morgan fingerprint density at radius 3 is 2.47 bits per heavy atom. The summed E-state index contributed by atoms with van der Waals surface area (Å²) in [5.41, 5.74) is 1.06. The van der Waals surface area contributed by atoms with Crippen molar-refractivity contribution < 1.29 is 18.3 Å². The highest BCUT2D eigenvalue weighted by atomic mass is 32.2. The van der Waals surface area contributed by atoms with Gasteiger partial charge in [0, 0.05) is 0 Å². The monoisotopic (exact) mass is 254 g/mol. The number of aryl methyl sites for hydroxylation is 1. The average molecular weight is 254 g/mol. The number of aromatic carboxylic acids is 1. The van der Waals surface area contributed by atoms with Crippen LogP contribution in [0.3, 0.4) is 0 Å². The molecule has 4 nitrogen and oxygen atoms in total. The number of sulfone groups is 1. The van der Waals surface area contributed by atoms with Crippen LogP contribution in [0, 0.1) is 6.92 Å². The van der Waals surface area contributed by atoms with Crippen LogP contribution in [0.25, 0.3) is 0 Å². The predicted octanol–water partition coefficient (Wildman–Crippen LogP) is 2.04. The van der Waals surface area contributed by atoms with Crippen LogP contribution >= 0.6 is 0 Å². The van der Waals surface area contributed by atoms with Crippen molar-refractivity contribution in [2.75, 3.05) is 5.75 Å². The molecule has 0 saturated carbocycles. The third-order valence-electron chi connectivity index (χ3n) is 2.23. The number of hydrogen-bond donors (Lipinski definition) is 1. The lowest BCUT2D eigenvalue weighted by Gasteiger charge is -2.07. The molecule has 0 saturated heterocycles. The van der Waals surface area contributed by atoms with Gasteiger partial charge in [0.1, 0.15) is 0 Å². The Bertz CT molecular complexity index is 570. The number of carboxylic acid groups (broad SMARTS) is 1. The third-order valence-corrected chi connectivity index (χ3v) is 4.08. The van der Waals surface area contributed by atoms with Crippen LogP contribution < -0.4 is 0 Å². The van der Waals surface area contributed by atoms with Crippen molar-refractivity contribution in [2.24, 2.45) is 0 Å². The van der Waals surface area contributed by atoms with Gasteiger partial charge in [-0.3, -0.25) is 0 Å². The fraction of sp³-hybridized carbons (Fsp3) is 0.250. The first-order valence-corrected chi connectivity index (χ1v) is 6.60. The molecule has 1 N–H and O–H groups in total. The van der Waals surface area contributed by atoms with E-state index in [0.29, 0.717) is 11.1 Å². The Morgan fingerprint density at radius 2 is 2.00 bits per heavy atom. The summed E-state index contributed by atoms with van der Waals surface area (Å²) in [6, 6.07) is 4.10. The number of hydrogen-bond acceptors (Lipinski definition) is 3. The van der Waals surface area contributed by atoms with Crippen molar-refractivity contribution in [3.63, 3.8) is 0 Å². The molecular formula is C12H14O4S. The Hall–Kier alpha value is -1.62. The van der Waals surface area contributed by atoms with Crippen molar-refractivity contribution in [2.45, 2.75) is 18.7 Å². The summed E-state index contributed by atoms with van der Waals surface area (Å²) in [6.07, 6.45) is 0. The Kier molecular flexibility index (Phi) is 3.72. The van der Waals surface area contributed by atoms with Gasteiger partial charge in [-0.1, -0.05) is 18.2 Å². The second-order valence-corrected chi connectivity index (χ2v) is 5.99. The third kappa shape index (κ3) is 3.17. The van der Waals surface area contributed by atoms with E-state index in [9.17, 15) is 13.2 Å². The SMILES string of the molecule is C=C(C)CS(=O)(=O)c1ccc(C)c(C(=O)O)c1. The summed E-state index contributed by atoms with van der Waals surface area (Å²) in [7, 11) is -3.50. The normalized spacial score (nSPS) is 11.2. The lowest BCUT2D eigenvalue weighted by molar-refractivity contribution is 0.0696. The lowest BCUT2D eigenvalue weighted by Crippen LogP contribution is -2.09. The van der Waals surface area contributed by atoms with E-state index in [4.69, 9.17) is 5.11 Å². The summed E-state index contributed by atoms with van der Waals surface area (Å²) in [6.45, 7) is 6.78. The molecule has 0 heterocycles. The average Bonchev–Trinajstić information content (AvgIpc) is 2.15. The van der Waals surface area contributed by atoms with E-state index in [1.807, 2.05) is 0 Å². The molecular weight excluding hydrogens is 240 g/mol. The summed E-state index contributed by atoms with van der Waals surface area (Å²) in [5, 5.41) is 8.93. The van der Waals surface area contributed by atoms with Gasteiger partial charge in [-0.15, -0.1) is 0 Å². The van der Waals surface area contributed by atoms with E-state index in [1.165, 1.54) is 18.2 Å². The van der Waals surface area contributed by atoms with Crippen molar-refractivity contribution in [1.82, 2.24) is 0 Å². The van der Waals surface area contributed by atoms with Crippen LogP contribution in [0.1, 0.15) is 22.8 Å². The van der Waals surface area contributed by atoms with E-state index < -0.39 is 15.8 Å². The molecule has 0 bridgehead atoms. The molecule has 0 fully saturated rings. The first kappa shape index (κ1) is 13.4. The highest BCUT2D eigenvalue weighted by Crippen LogP contribution is 2.18. The van der Waals surface area contributed by atoms with E-state index in [-0.39, 0.29) is 16.2 Å². The predicted molar refractivity (Wildman–Crippen MR) is 65.0 cm³/mol. The fourth-order valence-electron chi connectivity index (χ4n) is 1.43. The van der Waals surface area contributed by atoms with Crippen LogP contribution in [-0.2, 0) is 9.84 Å². The summed E-state index contributed by atoms with van der Waals surface area (Å²) in [4.78, 5) is 10.9. The molecule has 17 heavy (non-hydrogen) atoms. The van der Waals surface area contributed by atoms with Gasteiger partial charge in [-0.25, -0.2) is 13.2 Å². The van der Waals surface area contributed by atoms with Gasteiger partial charge in [0.25, 0.3) is 0 Å². The van der Waals surface area contributed by atoms with Crippen LogP contribution in [-0.4, -0.2) is 25.2 Å². The van der Waals surface area contributed by atoms with E-state index in [2.05, 4.69) is 6.58 Å². The maximum absolute atomic E-state index is 11.9. The Balaban J connectivity index is 3.30. The van der Waals surface area contributed by atoms with Crippen molar-refractivity contribution in [3.8, 4) is 0 Å². The second-order valence-electron chi connectivity index (χ2n) is 4.00. The van der Waals surface area contributed by atoms with Crippen LogP contribution in [0.5, 0.6) is 0 Å². The van der Waals surface area contributed by atoms with E-state index in [0.717, 1.165) is 0 Å². The summed E-state index contributed by atoms with van der Waals surface area (Å²) < 4.78 is 23.7. The Morgan fingerprint density at radius 1 is 1.41 bits per heavy atom. The quantitative estimate of drug-likeness (QED) is 0.835. The molecule has 0 aliphatic heterocycles. The summed E-state index contributed by atoms with van der Waals surface area (Å²) in [5.74, 6) is -1.30. The number of carboxylic acids is 1. The lowest BCUT2D eigenvalue weighted by atomic mass is 10.1. The van der Waals surface area contributed by atoms with E-state index >= 15 is 0 Å². The highest BCUT2D eigenvalue weighted by molar-refractivity contribution is 7.91. The van der Waals surface area contributed by atoms with Crippen molar-refractivity contribution in [3.05, 3.63) is 41.5 Å². The molecule has 0 atom stereocenters. The molecule has 0 aromatic heterocycles. The van der Waals surface area contributed by atoms with Gasteiger partial charge in [-0.2, -0.15) is 0 Å². The molecule has 0 amide bonds. The zero-order valence-electron chi connectivity index (χ0n) is 9.73.